The normalized spacial score (nSPS) is 20.2. The number of hydrogen-bond donors (Lipinski definition) is 2. The molecule has 0 atom stereocenters. The van der Waals surface area contributed by atoms with Crippen LogP contribution in [0, 0.1) is 11.8 Å². The van der Waals surface area contributed by atoms with Gasteiger partial charge in [0.25, 0.3) is 0 Å². The lowest BCUT2D eigenvalue weighted by Crippen LogP contribution is -2.48. The summed E-state index contributed by atoms with van der Waals surface area (Å²) in [5.74, 6) is 7.61. The first-order chi connectivity index (χ1) is 20.9. The van der Waals surface area contributed by atoms with Crippen molar-refractivity contribution in [3.05, 3.63) is 48.2 Å². The Morgan fingerprint density at radius 1 is 1.07 bits per heavy atom. The van der Waals surface area contributed by atoms with Gasteiger partial charge in [0.15, 0.2) is 9.84 Å². The van der Waals surface area contributed by atoms with Crippen LogP contribution in [0.5, 0.6) is 5.75 Å². The van der Waals surface area contributed by atoms with E-state index in [4.69, 9.17) is 4.74 Å². The van der Waals surface area contributed by atoms with E-state index in [-0.39, 0.29) is 23.2 Å². The molecule has 238 valence electrons. The standard InChI is InChI=1S/C31H37F3N4O4S2/c1-42-30-20-25(44(2,40)41)12-13-28(30)35-14-4-5-24-19-26-27(6-3-7-29(26)38(24)21-31(32,33)34)36-22-8-10-23(11-9-22)37-15-17-43(39)18-16-37/h3,6-7,12-13,19-20,22-23,35-36H,8-11,14-18,21H2,1-2H3/t22-,23+. The van der Waals surface area contributed by atoms with E-state index in [1.807, 2.05) is 6.07 Å². The molecule has 13 heteroatoms. The van der Waals surface area contributed by atoms with Gasteiger partial charge in [-0.2, -0.15) is 13.2 Å². The van der Waals surface area contributed by atoms with Gasteiger partial charge in [0.1, 0.15) is 23.8 Å². The lowest BCUT2D eigenvalue weighted by Gasteiger charge is -2.39. The highest BCUT2D eigenvalue weighted by Crippen LogP contribution is 2.33. The molecule has 2 aliphatic rings. The molecule has 1 aliphatic carbocycles. The smallest absolute Gasteiger partial charge is 0.406 e. The fraction of sp³-hybridized carbons (Fsp3) is 0.484. The second kappa shape index (κ2) is 13.5. The molecular weight excluding hydrogens is 613 g/mol. The zero-order valence-corrected chi connectivity index (χ0v) is 26.4. The molecule has 1 saturated carbocycles. The average Bonchev–Trinajstić information content (AvgIpc) is 3.32. The molecule has 2 aromatic carbocycles. The van der Waals surface area contributed by atoms with Crippen molar-refractivity contribution in [2.75, 3.05) is 55.1 Å². The summed E-state index contributed by atoms with van der Waals surface area (Å²) in [6.45, 7) is 0.695. The number of methoxy groups -OCH3 is 1. The van der Waals surface area contributed by atoms with Crippen LogP contribution in [0.3, 0.4) is 0 Å². The summed E-state index contributed by atoms with van der Waals surface area (Å²) in [6, 6.07) is 12.2. The lowest BCUT2D eigenvalue weighted by atomic mass is 9.90. The van der Waals surface area contributed by atoms with Gasteiger partial charge in [-0.3, -0.25) is 4.90 Å². The summed E-state index contributed by atoms with van der Waals surface area (Å²) in [4.78, 5) is 2.57. The lowest BCUT2D eigenvalue weighted by molar-refractivity contribution is -0.140. The number of hydrogen-bond acceptors (Lipinski definition) is 7. The Kier molecular flexibility index (Phi) is 9.94. The van der Waals surface area contributed by atoms with E-state index in [0.717, 1.165) is 62.2 Å². The van der Waals surface area contributed by atoms with E-state index in [0.29, 0.717) is 28.4 Å². The van der Waals surface area contributed by atoms with Crippen LogP contribution < -0.4 is 15.4 Å². The topological polar surface area (TPSA) is 98.7 Å². The van der Waals surface area contributed by atoms with Crippen molar-refractivity contribution < 1.29 is 30.9 Å². The van der Waals surface area contributed by atoms with Crippen LogP contribution in [0.1, 0.15) is 31.4 Å². The molecule has 0 bridgehead atoms. The first-order valence-corrected chi connectivity index (χ1v) is 17.9. The van der Waals surface area contributed by atoms with Crippen molar-refractivity contribution in [2.24, 2.45) is 0 Å². The fourth-order valence-electron chi connectivity index (χ4n) is 6.01. The van der Waals surface area contributed by atoms with Crippen molar-refractivity contribution in [3.8, 4) is 17.6 Å². The SMILES string of the molecule is COc1cc(S(C)(=O)=O)ccc1NCC#Cc1cc2c(N[C@H]3CC[C@@H](N4CC[S+]([O-])CC4)CC3)cccc2n1CC(F)(F)F. The Bertz CT molecular complexity index is 1630. The van der Waals surface area contributed by atoms with Gasteiger partial charge < -0.3 is 24.5 Å². The second-order valence-corrected chi connectivity index (χ2v) is 15.0. The number of benzene rings is 2. The summed E-state index contributed by atoms with van der Waals surface area (Å²) >= 11 is -0.699. The number of alkyl halides is 3. The number of ether oxygens (including phenoxy) is 1. The number of sulfone groups is 1. The minimum absolute atomic E-state index is 0.101. The third kappa shape index (κ3) is 7.96. The van der Waals surface area contributed by atoms with Crippen LogP contribution in [0.15, 0.2) is 47.4 Å². The largest absolute Gasteiger partial charge is 0.616 e. The van der Waals surface area contributed by atoms with Crippen molar-refractivity contribution in [1.82, 2.24) is 9.47 Å². The minimum Gasteiger partial charge on any atom is -0.616 e. The summed E-state index contributed by atoms with van der Waals surface area (Å²) in [5.41, 5.74) is 2.01. The Labute approximate surface area is 259 Å². The van der Waals surface area contributed by atoms with E-state index >= 15 is 0 Å². The number of nitrogens with one attached hydrogen (secondary N) is 2. The molecule has 2 fully saturated rings. The Morgan fingerprint density at radius 2 is 1.80 bits per heavy atom. The zero-order valence-electron chi connectivity index (χ0n) is 24.7. The van der Waals surface area contributed by atoms with Crippen LogP contribution in [0.25, 0.3) is 10.9 Å². The first-order valence-electron chi connectivity index (χ1n) is 14.6. The zero-order chi connectivity index (χ0) is 31.5. The minimum atomic E-state index is -4.43. The molecule has 1 aromatic heterocycles. The van der Waals surface area contributed by atoms with Crippen LogP contribution >= 0.6 is 0 Å². The third-order valence-corrected chi connectivity index (χ3v) is 10.6. The molecule has 2 N–H and O–H groups in total. The van der Waals surface area contributed by atoms with Gasteiger partial charge in [-0.25, -0.2) is 8.42 Å². The molecule has 3 aromatic rings. The molecule has 1 aliphatic heterocycles. The van der Waals surface area contributed by atoms with Gasteiger partial charge in [-0.1, -0.05) is 23.2 Å². The predicted molar refractivity (Wildman–Crippen MR) is 169 cm³/mol. The summed E-state index contributed by atoms with van der Waals surface area (Å²) in [6.07, 6.45) is 0.641. The molecule has 0 unspecified atom stereocenters. The number of rotatable bonds is 8. The summed E-state index contributed by atoms with van der Waals surface area (Å²) < 4.78 is 82.9. The number of fused-ring (bicyclic) bond motifs is 1. The Morgan fingerprint density at radius 3 is 2.45 bits per heavy atom. The molecule has 2 heterocycles. The van der Waals surface area contributed by atoms with E-state index in [1.165, 1.54) is 23.8 Å². The van der Waals surface area contributed by atoms with Gasteiger partial charge in [-0.05, 0) is 61.9 Å². The highest BCUT2D eigenvalue weighted by molar-refractivity contribution is 7.91. The van der Waals surface area contributed by atoms with Crippen molar-refractivity contribution in [3.63, 3.8) is 0 Å². The van der Waals surface area contributed by atoms with Crippen molar-refractivity contribution in [1.29, 1.82) is 0 Å². The van der Waals surface area contributed by atoms with Crippen molar-refractivity contribution >= 4 is 43.3 Å². The highest BCUT2D eigenvalue weighted by atomic mass is 32.2. The predicted octanol–water partition coefficient (Wildman–Crippen LogP) is 4.87. The summed E-state index contributed by atoms with van der Waals surface area (Å²) in [7, 11) is -1.99. The first kappa shape index (κ1) is 32.3. The van der Waals surface area contributed by atoms with Crippen LogP contribution in [-0.4, -0.2) is 85.2 Å². The van der Waals surface area contributed by atoms with Gasteiger partial charge in [0.2, 0.25) is 0 Å². The quantitative estimate of drug-likeness (QED) is 0.265. The van der Waals surface area contributed by atoms with Crippen molar-refractivity contribution in [2.45, 2.75) is 55.4 Å². The molecule has 0 radical (unpaired) electrons. The number of halogens is 3. The van der Waals surface area contributed by atoms with Crippen LogP contribution in [0.4, 0.5) is 24.5 Å². The molecule has 0 amide bonds. The van der Waals surface area contributed by atoms with Gasteiger partial charge in [-0.15, -0.1) is 0 Å². The monoisotopic (exact) mass is 650 g/mol. The number of aromatic nitrogens is 1. The van der Waals surface area contributed by atoms with Gasteiger partial charge in [0.05, 0.1) is 35.4 Å². The van der Waals surface area contributed by atoms with E-state index < -0.39 is 33.7 Å². The van der Waals surface area contributed by atoms with E-state index in [9.17, 15) is 26.1 Å². The maximum absolute atomic E-state index is 13.6. The second-order valence-electron chi connectivity index (χ2n) is 11.3. The van der Waals surface area contributed by atoms with Gasteiger partial charge >= 0.3 is 6.18 Å². The van der Waals surface area contributed by atoms with E-state index in [2.05, 4.69) is 27.4 Å². The maximum atomic E-state index is 13.6. The maximum Gasteiger partial charge on any atom is 0.406 e. The average molecular weight is 651 g/mol. The molecular formula is C31H37F3N4O4S2. The summed E-state index contributed by atoms with van der Waals surface area (Å²) in [5, 5.41) is 7.34. The molecule has 1 saturated heterocycles. The third-order valence-electron chi connectivity index (χ3n) is 8.25. The highest BCUT2D eigenvalue weighted by Gasteiger charge is 2.31. The molecule has 8 nitrogen and oxygen atoms in total. The molecule has 5 rings (SSSR count). The molecule has 44 heavy (non-hydrogen) atoms. The Hall–Kier alpha value is -3.05. The fourth-order valence-corrected chi connectivity index (χ4v) is 7.73. The van der Waals surface area contributed by atoms with Crippen LogP contribution in [-0.2, 0) is 27.6 Å². The van der Waals surface area contributed by atoms with E-state index in [1.54, 1.807) is 24.3 Å². The Balaban J connectivity index is 1.31. The number of nitrogens with zero attached hydrogens (tertiary/aromatic N) is 2. The number of anilines is 2. The van der Waals surface area contributed by atoms with Gasteiger partial charge in [0, 0.05) is 48.6 Å². The molecule has 0 spiro atoms. The van der Waals surface area contributed by atoms with Crippen LogP contribution in [0.2, 0.25) is 0 Å².